The van der Waals surface area contributed by atoms with Crippen LogP contribution in [0, 0.1) is 5.92 Å². The topological polar surface area (TPSA) is 24.5 Å². The summed E-state index contributed by atoms with van der Waals surface area (Å²) in [7, 11) is 1.71. The Morgan fingerprint density at radius 1 is 1.30 bits per heavy atom. The van der Waals surface area contributed by atoms with Gasteiger partial charge < -0.3 is 10.1 Å². The number of ether oxygens (including phenoxy) is 1. The Bertz CT molecular complexity index is 388. The lowest BCUT2D eigenvalue weighted by Gasteiger charge is -2.25. The van der Waals surface area contributed by atoms with Gasteiger partial charge in [0, 0.05) is 19.1 Å². The molecule has 0 aliphatic carbocycles. The van der Waals surface area contributed by atoms with E-state index in [0.29, 0.717) is 6.04 Å². The van der Waals surface area contributed by atoms with Crippen molar-refractivity contribution in [1.82, 2.24) is 10.2 Å². The summed E-state index contributed by atoms with van der Waals surface area (Å²) in [5, 5.41) is 3.60. The molecule has 0 amide bonds. The summed E-state index contributed by atoms with van der Waals surface area (Å²) in [4.78, 5) is 2.61. The molecule has 112 valence electrons. The number of nitrogens with one attached hydrogen (secondary N) is 1. The molecule has 1 aromatic rings. The molecule has 1 aromatic carbocycles. The maximum absolute atomic E-state index is 5.21. The van der Waals surface area contributed by atoms with Crippen molar-refractivity contribution in [2.24, 2.45) is 5.92 Å². The molecule has 0 saturated carbocycles. The highest BCUT2D eigenvalue weighted by Gasteiger charge is 2.23. The van der Waals surface area contributed by atoms with E-state index in [4.69, 9.17) is 4.74 Å². The van der Waals surface area contributed by atoms with Gasteiger partial charge in [-0.05, 0) is 49.5 Å². The molecule has 3 nitrogen and oxygen atoms in total. The summed E-state index contributed by atoms with van der Waals surface area (Å²) in [5.74, 6) is 1.66. The van der Waals surface area contributed by atoms with Crippen LogP contribution in [0.3, 0.4) is 0 Å². The van der Waals surface area contributed by atoms with E-state index in [0.717, 1.165) is 31.3 Å². The molecule has 3 heteroatoms. The smallest absolute Gasteiger partial charge is 0.118 e. The second kappa shape index (κ2) is 7.65. The van der Waals surface area contributed by atoms with Crippen molar-refractivity contribution in [2.45, 2.75) is 39.3 Å². The number of nitrogens with zero attached hydrogens (tertiary/aromatic N) is 1. The van der Waals surface area contributed by atoms with Crippen LogP contribution in [0.15, 0.2) is 24.3 Å². The average molecular weight is 276 g/mol. The second-order valence-electron chi connectivity index (χ2n) is 6.17. The fraction of sp³-hybridized carbons (Fsp3) is 0.647. The van der Waals surface area contributed by atoms with Gasteiger partial charge >= 0.3 is 0 Å². The Hall–Kier alpha value is -1.06. The third-order valence-electron chi connectivity index (χ3n) is 3.98. The van der Waals surface area contributed by atoms with Crippen LogP contribution in [-0.2, 0) is 6.54 Å². The molecule has 1 unspecified atom stereocenters. The van der Waals surface area contributed by atoms with Crippen molar-refractivity contribution in [1.29, 1.82) is 0 Å². The molecule has 0 spiro atoms. The number of benzene rings is 1. The summed E-state index contributed by atoms with van der Waals surface area (Å²) in [6.45, 7) is 9.03. The van der Waals surface area contributed by atoms with Crippen molar-refractivity contribution in [3.05, 3.63) is 29.8 Å². The lowest BCUT2D eigenvalue weighted by atomic mass is 10.1. The fourth-order valence-corrected chi connectivity index (χ4v) is 2.84. The van der Waals surface area contributed by atoms with E-state index in [1.54, 1.807) is 7.11 Å². The molecule has 0 bridgehead atoms. The van der Waals surface area contributed by atoms with E-state index in [9.17, 15) is 0 Å². The first-order chi connectivity index (χ1) is 9.69. The average Bonchev–Trinajstić information content (AvgIpc) is 2.87. The number of hydrogen-bond donors (Lipinski definition) is 1. The number of methoxy groups -OCH3 is 1. The SMILES string of the molecule is COc1ccc(CN2CCCC2CNCC(C)C)cc1. The van der Waals surface area contributed by atoms with Crippen LogP contribution < -0.4 is 10.1 Å². The third-order valence-corrected chi connectivity index (χ3v) is 3.98. The molecule has 1 atom stereocenters. The van der Waals surface area contributed by atoms with Crippen LogP contribution in [0.5, 0.6) is 5.75 Å². The maximum atomic E-state index is 5.21. The predicted octanol–water partition coefficient (Wildman–Crippen LogP) is 2.91. The molecule has 0 aromatic heterocycles. The summed E-state index contributed by atoms with van der Waals surface area (Å²) < 4.78 is 5.21. The first kappa shape index (κ1) is 15.3. The molecule has 1 fully saturated rings. The van der Waals surface area contributed by atoms with Crippen LogP contribution in [-0.4, -0.2) is 37.7 Å². The minimum Gasteiger partial charge on any atom is -0.497 e. The highest BCUT2D eigenvalue weighted by Crippen LogP contribution is 2.20. The van der Waals surface area contributed by atoms with E-state index in [2.05, 4.69) is 48.3 Å². The predicted molar refractivity (Wildman–Crippen MR) is 84.1 cm³/mol. The zero-order chi connectivity index (χ0) is 14.4. The minimum absolute atomic E-state index is 0.691. The number of hydrogen-bond acceptors (Lipinski definition) is 3. The molecule has 0 radical (unpaired) electrons. The van der Waals surface area contributed by atoms with Gasteiger partial charge in [-0.3, -0.25) is 4.90 Å². The van der Waals surface area contributed by atoms with E-state index in [1.165, 1.54) is 24.9 Å². The van der Waals surface area contributed by atoms with E-state index in [-0.39, 0.29) is 0 Å². The first-order valence-corrected chi connectivity index (χ1v) is 7.76. The Morgan fingerprint density at radius 2 is 2.05 bits per heavy atom. The Balaban J connectivity index is 1.83. The van der Waals surface area contributed by atoms with E-state index >= 15 is 0 Å². The van der Waals surface area contributed by atoms with Gasteiger partial charge in [-0.2, -0.15) is 0 Å². The molecule has 2 rings (SSSR count). The molecular formula is C17H28N2O. The van der Waals surface area contributed by atoms with E-state index in [1.807, 2.05) is 0 Å². The highest BCUT2D eigenvalue weighted by atomic mass is 16.5. The van der Waals surface area contributed by atoms with Gasteiger partial charge in [-0.1, -0.05) is 26.0 Å². The van der Waals surface area contributed by atoms with Gasteiger partial charge in [0.1, 0.15) is 5.75 Å². The number of likely N-dealkylation sites (tertiary alicyclic amines) is 1. The van der Waals surface area contributed by atoms with Crippen molar-refractivity contribution >= 4 is 0 Å². The summed E-state index contributed by atoms with van der Waals surface area (Å²) in [6, 6.07) is 9.15. The summed E-state index contributed by atoms with van der Waals surface area (Å²) in [5.41, 5.74) is 1.38. The van der Waals surface area contributed by atoms with Gasteiger partial charge in [-0.15, -0.1) is 0 Å². The minimum atomic E-state index is 0.691. The van der Waals surface area contributed by atoms with Crippen LogP contribution in [0.4, 0.5) is 0 Å². The summed E-state index contributed by atoms with van der Waals surface area (Å²) in [6.07, 6.45) is 2.64. The molecule has 1 N–H and O–H groups in total. The van der Waals surface area contributed by atoms with Gasteiger partial charge in [0.2, 0.25) is 0 Å². The van der Waals surface area contributed by atoms with Gasteiger partial charge in [-0.25, -0.2) is 0 Å². The number of rotatable bonds is 7. The third kappa shape index (κ3) is 4.50. The van der Waals surface area contributed by atoms with Crippen molar-refractivity contribution in [3.8, 4) is 5.75 Å². The zero-order valence-electron chi connectivity index (χ0n) is 13.1. The van der Waals surface area contributed by atoms with Crippen LogP contribution >= 0.6 is 0 Å². The molecule has 20 heavy (non-hydrogen) atoms. The molecule has 1 aliphatic rings. The lowest BCUT2D eigenvalue weighted by molar-refractivity contribution is 0.237. The fourth-order valence-electron chi connectivity index (χ4n) is 2.84. The van der Waals surface area contributed by atoms with E-state index < -0.39 is 0 Å². The molecular weight excluding hydrogens is 248 g/mol. The van der Waals surface area contributed by atoms with Crippen LogP contribution in [0.1, 0.15) is 32.3 Å². The summed E-state index contributed by atoms with van der Waals surface area (Å²) >= 11 is 0. The van der Waals surface area contributed by atoms with Crippen molar-refractivity contribution in [2.75, 3.05) is 26.7 Å². The maximum Gasteiger partial charge on any atom is 0.118 e. The zero-order valence-corrected chi connectivity index (χ0v) is 13.1. The Morgan fingerprint density at radius 3 is 2.70 bits per heavy atom. The largest absolute Gasteiger partial charge is 0.497 e. The quantitative estimate of drug-likeness (QED) is 0.829. The van der Waals surface area contributed by atoms with Crippen molar-refractivity contribution in [3.63, 3.8) is 0 Å². The molecule has 1 aliphatic heterocycles. The van der Waals surface area contributed by atoms with Crippen molar-refractivity contribution < 1.29 is 4.74 Å². The monoisotopic (exact) mass is 276 g/mol. The lowest BCUT2D eigenvalue weighted by Crippen LogP contribution is -2.38. The molecule has 1 heterocycles. The Labute approximate surface area is 123 Å². The standard InChI is InChI=1S/C17H28N2O/c1-14(2)11-18-12-16-5-4-10-19(16)13-15-6-8-17(20-3)9-7-15/h6-9,14,16,18H,4-5,10-13H2,1-3H3. The first-order valence-electron chi connectivity index (χ1n) is 7.76. The van der Waals surface area contributed by atoms with Crippen LogP contribution in [0.2, 0.25) is 0 Å². The highest BCUT2D eigenvalue weighted by molar-refractivity contribution is 5.27. The van der Waals surface area contributed by atoms with Gasteiger partial charge in [0.05, 0.1) is 7.11 Å². The Kier molecular flexibility index (Phi) is 5.86. The van der Waals surface area contributed by atoms with Gasteiger partial charge in [0.25, 0.3) is 0 Å². The van der Waals surface area contributed by atoms with Gasteiger partial charge in [0.15, 0.2) is 0 Å². The second-order valence-corrected chi connectivity index (χ2v) is 6.17. The van der Waals surface area contributed by atoms with Crippen LogP contribution in [0.25, 0.3) is 0 Å². The normalized spacial score (nSPS) is 19.7. The molecule has 1 saturated heterocycles.